The molecule has 1 aromatic carbocycles. The summed E-state index contributed by atoms with van der Waals surface area (Å²) in [5.41, 5.74) is 9.43. The number of unbranched alkanes of at least 4 members (excludes halogenated alkanes) is 1. The van der Waals surface area contributed by atoms with Crippen LogP contribution in [0.4, 0.5) is 5.69 Å². The molecule has 1 spiro atoms. The minimum absolute atomic E-state index is 0.200. The van der Waals surface area contributed by atoms with Crippen molar-refractivity contribution in [2.75, 3.05) is 18.5 Å². The van der Waals surface area contributed by atoms with Crippen LogP contribution in [0.1, 0.15) is 57.9 Å². The zero-order chi connectivity index (χ0) is 20.6. The molecule has 1 unspecified atom stereocenters. The molecular weight excluding hydrogens is 366 g/mol. The van der Waals surface area contributed by atoms with Crippen molar-refractivity contribution in [3.63, 3.8) is 0 Å². The Bertz CT molecular complexity index is 918. The number of ether oxygens (including phenoxy) is 1. The van der Waals surface area contributed by atoms with Crippen molar-refractivity contribution in [1.82, 2.24) is 4.90 Å². The molecule has 29 heavy (non-hydrogen) atoms. The van der Waals surface area contributed by atoms with Crippen LogP contribution in [-0.4, -0.2) is 29.9 Å². The highest BCUT2D eigenvalue weighted by molar-refractivity contribution is 6.17. The zero-order valence-corrected chi connectivity index (χ0v) is 17.2. The number of carbonyl (C=O) groups is 2. The molecule has 2 aliphatic heterocycles. The van der Waals surface area contributed by atoms with Crippen LogP contribution < -0.4 is 11.1 Å². The van der Waals surface area contributed by atoms with E-state index in [2.05, 4.69) is 17.1 Å². The predicted octanol–water partition coefficient (Wildman–Crippen LogP) is 3.55. The van der Waals surface area contributed by atoms with E-state index in [1.54, 1.807) is 6.92 Å². The molecule has 1 aromatic rings. The summed E-state index contributed by atoms with van der Waals surface area (Å²) in [7, 11) is 0. The van der Waals surface area contributed by atoms with E-state index in [-0.39, 0.29) is 18.1 Å². The molecule has 1 atom stereocenters. The number of para-hydroxylation sites is 1. The molecule has 1 aliphatic carbocycles. The Morgan fingerprint density at radius 2 is 2.00 bits per heavy atom. The Balaban J connectivity index is 2.01. The van der Waals surface area contributed by atoms with Crippen molar-refractivity contribution in [3.8, 4) is 0 Å². The lowest BCUT2D eigenvalue weighted by atomic mass is 9.64. The molecule has 6 nitrogen and oxygen atoms in total. The molecule has 1 amide bonds. The van der Waals surface area contributed by atoms with E-state index in [9.17, 15) is 9.59 Å². The number of fused-ring (bicyclic) bond motifs is 3. The van der Waals surface area contributed by atoms with Gasteiger partial charge >= 0.3 is 5.97 Å². The summed E-state index contributed by atoms with van der Waals surface area (Å²) in [6, 6.07) is 7.61. The Labute approximate surface area is 171 Å². The Kier molecular flexibility index (Phi) is 5.11. The van der Waals surface area contributed by atoms with E-state index in [0.29, 0.717) is 5.82 Å². The normalized spacial score (nSPS) is 23.2. The van der Waals surface area contributed by atoms with Crippen molar-refractivity contribution < 1.29 is 14.3 Å². The molecule has 0 bridgehead atoms. The van der Waals surface area contributed by atoms with Gasteiger partial charge in [0.15, 0.2) is 0 Å². The number of nitrogens with zero attached hydrogens (tertiary/aromatic N) is 1. The number of nitrogens with one attached hydrogen (secondary N) is 1. The third-order valence-corrected chi connectivity index (χ3v) is 6.27. The van der Waals surface area contributed by atoms with E-state index in [4.69, 9.17) is 10.5 Å². The van der Waals surface area contributed by atoms with Crippen LogP contribution >= 0.6 is 0 Å². The van der Waals surface area contributed by atoms with Gasteiger partial charge in [0.25, 0.3) is 0 Å². The molecule has 2 heterocycles. The van der Waals surface area contributed by atoms with Crippen molar-refractivity contribution in [1.29, 1.82) is 0 Å². The number of anilines is 1. The first-order valence-electron chi connectivity index (χ1n) is 10.7. The molecule has 0 radical (unpaired) electrons. The van der Waals surface area contributed by atoms with Gasteiger partial charge < -0.3 is 20.7 Å². The molecule has 3 aliphatic rings. The van der Waals surface area contributed by atoms with Crippen LogP contribution in [0.15, 0.2) is 46.9 Å². The molecular formula is C23H29N3O3. The highest BCUT2D eigenvalue weighted by Gasteiger charge is 2.59. The zero-order valence-electron chi connectivity index (χ0n) is 17.2. The standard InChI is InChI=1S/C23H29N3O3/c1-3-5-14-26-18-13-9-7-11-16(18)23(19(20(26)24)21(27)29-4-2)15-10-6-8-12-17(15)25-22(23)28/h6,8,10,12H,3-5,7,9,11,13-14,24H2,1-2H3,(H,25,28). The van der Waals surface area contributed by atoms with Crippen LogP contribution in [0.3, 0.4) is 0 Å². The summed E-state index contributed by atoms with van der Waals surface area (Å²) in [6.07, 6.45) is 5.68. The summed E-state index contributed by atoms with van der Waals surface area (Å²) in [5, 5.41) is 3.01. The number of carbonyl (C=O) groups excluding carboxylic acids is 2. The minimum atomic E-state index is -1.19. The fraction of sp³-hybridized carbons (Fsp3) is 0.478. The summed E-state index contributed by atoms with van der Waals surface area (Å²) in [4.78, 5) is 28.9. The molecule has 0 aromatic heterocycles. The highest BCUT2D eigenvalue weighted by Crippen LogP contribution is 2.55. The summed E-state index contributed by atoms with van der Waals surface area (Å²) >= 11 is 0. The average molecular weight is 396 g/mol. The number of esters is 1. The second-order valence-electron chi connectivity index (χ2n) is 7.87. The Morgan fingerprint density at radius 1 is 1.24 bits per heavy atom. The average Bonchev–Trinajstić information content (AvgIpc) is 3.01. The molecule has 4 rings (SSSR count). The van der Waals surface area contributed by atoms with Crippen LogP contribution in [0, 0.1) is 0 Å². The van der Waals surface area contributed by atoms with Crippen molar-refractivity contribution in [2.24, 2.45) is 5.73 Å². The van der Waals surface area contributed by atoms with Gasteiger partial charge in [-0.05, 0) is 50.7 Å². The second-order valence-corrected chi connectivity index (χ2v) is 7.87. The van der Waals surface area contributed by atoms with Crippen molar-refractivity contribution in [3.05, 3.63) is 52.5 Å². The van der Waals surface area contributed by atoms with E-state index < -0.39 is 11.4 Å². The molecule has 0 saturated heterocycles. The van der Waals surface area contributed by atoms with Gasteiger partial charge in [0.05, 0.1) is 6.61 Å². The minimum Gasteiger partial charge on any atom is -0.462 e. The molecule has 6 heteroatoms. The number of allylic oxidation sites excluding steroid dienone is 1. The van der Waals surface area contributed by atoms with Crippen LogP contribution in [-0.2, 0) is 19.7 Å². The van der Waals surface area contributed by atoms with E-state index in [1.807, 2.05) is 24.3 Å². The maximum Gasteiger partial charge on any atom is 0.339 e. The van der Waals surface area contributed by atoms with Gasteiger partial charge in [-0.3, -0.25) is 4.79 Å². The number of benzene rings is 1. The van der Waals surface area contributed by atoms with Gasteiger partial charge in [-0.2, -0.15) is 0 Å². The summed E-state index contributed by atoms with van der Waals surface area (Å²) in [6.45, 7) is 4.88. The number of hydrogen-bond donors (Lipinski definition) is 2. The SMILES string of the molecule is CCCCN1C(N)=C(C(=O)OCC)C2(C(=O)Nc3ccccc32)C2=C1CCCC2. The summed E-state index contributed by atoms with van der Waals surface area (Å²) < 4.78 is 5.43. The Hall–Kier alpha value is -2.76. The first-order valence-corrected chi connectivity index (χ1v) is 10.7. The fourth-order valence-electron chi connectivity index (χ4n) is 5.05. The van der Waals surface area contributed by atoms with E-state index in [1.165, 1.54) is 0 Å². The first kappa shape index (κ1) is 19.6. The fourth-order valence-corrected chi connectivity index (χ4v) is 5.05. The number of hydrogen-bond acceptors (Lipinski definition) is 5. The van der Waals surface area contributed by atoms with Gasteiger partial charge in [-0.15, -0.1) is 0 Å². The van der Waals surface area contributed by atoms with Gasteiger partial charge in [0.1, 0.15) is 16.8 Å². The maximum atomic E-state index is 13.6. The van der Waals surface area contributed by atoms with Crippen LogP contribution in [0.5, 0.6) is 0 Å². The number of amides is 1. The van der Waals surface area contributed by atoms with Gasteiger partial charge in [0, 0.05) is 23.5 Å². The van der Waals surface area contributed by atoms with Gasteiger partial charge in [-0.1, -0.05) is 31.5 Å². The lowest BCUT2D eigenvalue weighted by molar-refractivity contribution is -0.140. The van der Waals surface area contributed by atoms with Crippen molar-refractivity contribution in [2.45, 2.75) is 57.8 Å². The summed E-state index contributed by atoms with van der Waals surface area (Å²) in [5.74, 6) is -0.339. The van der Waals surface area contributed by atoms with Crippen molar-refractivity contribution >= 4 is 17.6 Å². The van der Waals surface area contributed by atoms with Crippen LogP contribution in [0.25, 0.3) is 0 Å². The third-order valence-electron chi connectivity index (χ3n) is 6.27. The monoisotopic (exact) mass is 395 g/mol. The van der Waals surface area contributed by atoms with Crippen LogP contribution in [0.2, 0.25) is 0 Å². The molecule has 0 saturated carbocycles. The van der Waals surface area contributed by atoms with E-state index >= 15 is 0 Å². The molecule has 154 valence electrons. The smallest absolute Gasteiger partial charge is 0.339 e. The number of nitrogens with two attached hydrogens (primary N) is 1. The predicted molar refractivity (Wildman–Crippen MR) is 112 cm³/mol. The maximum absolute atomic E-state index is 13.6. The highest BCUT2D eigenvalue weighted by atomic mass is 16.5. The largest absolute Gasteiger partial charge is 0.462 e. The van der Waals surface area contributed by atoms with Gasteiger partial charge in [-0.25, -0.2) is 4.79 Å². The molecule has 0 fully saturated rings. The lowest BCUT2D eigenvalue weighted by Gasteiger charge is -2.45. The Morgan fingerprint density at radius 3 is 2.76 bits per heavy atom. The van der Waals surface area contributed by atoms with Gasteiger partial charge in [0.2, 0.25) is 5.91 Å². The first-order chi connectivity index (χ1) is 14.1. The lowest BCUT2D eigenvalue weighted by Crippen LogP contribution is -2.51. The topological polar surface area (TPSA) is 84.7 Å². The second kappa shape index (κ2) is 7.58. The quantitative estimate of drug-likeness (QED) is 0.745. The third kappa shape index (κ3) is 2.76. The van der Waals surface area contributed by atoms with E-state index in [0.717, 1.165) is 67.6 Å². The molecule has 3 N–H and O–H groups in total. The number of rotatable bonds is 5.